The number of hydrogen-bond donors (Lipinski definition) is 2. The summed E-state index contributed by atoms with van der Waals surface area (Å²) in [6.45, 7) is 0. The van der Waals surface area contributed by atoms with Crippen molar-refractivity contribution in [1.82, 2.24) is 20.2 Å². The van der Waals surface area contributed by atoms with Crippen molar-refractivity contribution in [3.05, 3.63) is 53.8 Å². The molecule has 2 N–H and O–H groups in total. The Morgan fingerprint density at radius 2 is 2.00 bits per heavy atom. The minimum Gasteiger partial charge on any atom is -0.504 e. The summed E-state index contributed by atoms with van der Waals surface area (Å²) in [4.78, 5) is 12.2. The van der Waals surface area contributed by atoms with Crippen LogP contribution in [0.15, 0.2) is 47.6 Å². The van der Waals surface area contributed by atoms with E-state index in [0.29, 0.717) is 10.8 Å². The van der Waals surface area contributed by atoms with E-state index in [1.165, 1.54) is 41.1 Å². The number of tetrazole rings is 1. The number of ketones is 1. The number of benzene rings is 2. The second kappa shape index (κ2) is 6.67. The average molecular weight is 346 g/mol. The van der Waals surface area contributed by atoms with E-state index < -0.39 is 5.82 Å². The Balaban J connectivity index is 1.75. The van der Waals surface area contributed by atoms with Crippen molar-refractivity contribution in [2.24, 2.45) is 0 Å². The zero-order valence-corrected chi connectivity index (χ0v) is 12.9. The lowest BCUT2D eigenvalue weighted by Gasteiger charge is -2.05. The van der Waals surface area contributed by atoms with Crippen LogP contribution in [0.3, 0.4) is 0 Å². The predicted molar refractivity (Wildman–Crippen MR) is 83.9 cm³/mol. The minimum atomic E-state index is -0.422. The second-order valence-electron chi connectivity index (χ2n) is 4.77. The van der Waals surface area contributed by atoms with Crippen LogP contribution in [0.1, 0.15) is 10.4 Å². The number of rotatable bonds is 5. The maximum Gasteiger partial charge on any atom is 0.214 e. The van der Waals surface area contributed by atoms with E-state index in [1.54, 1.807) is 6.07 Å². The number of Topliss-reactive ketones (excluding diaryl/α,β-unsaturated/α-hetero) is 1. The Bertz CT molecular complexity index is 900. The van der Waals surface area contributed by atoms with Crippen LogP contribution in [0, 0.1) is 5.82 Å². The van der Waals surface area contributed by atoms with Gasteiger partial charge in [0.2, 0.25) is 5.16 Å². The molecule has 0 saturated carbocycles. The summed E-state index contributed by atoms with van der Waals surface area (Å²) in [5, 5.41) is 30.2. The number of hydrogen-bond acceptors (Lipinski definition) is 7. The number of phenolic OH excluding ortho intramolecular Hbond substituents is 2. The third-order valence-electron chi connectivity index (χ3n) is 3.12. The van der Waals surface area contributed by atoms with Gasteiger partial charge in [-0.15, -0.1) is 5.10 Å². The number of halogens is 1. The van der Waals surface area contributed by atoms with Crippen LogP contribution < -0.4 is 0 Å². The maximum absolute atomic E-state index is 13.3. The van der Waals surface area contributed by atoms with Crippen molar-refractivity contribution in [3.8, 4) is 17.2 Å². The molecule has 2 aromatic carbocycles. The highest BCUT2D eigenvalue weighted by molar-refractivity contribution is 7.99. The number of aromatic nitrogens is 4. The number of phenols is 2. The monoisotopic (exact) mass is 346 g/mol. The van der Waals surface area contributed by atoms with Gasteiger partial charge in [-0.05, 0) is 46.8 Å². The Labute approximate surface area is 139 Å². The summed E-state index contributed by atoms with van der Waals surface area (Å²) >= 11 is 1.08. The number of nitrogens with zero attached hydrogens (tertiary/aromatic N) is 4. The van der Waals surface area contributed by atoms with E-state index in [-0.39, 0.29) is 28.6 Å². The third-order valence-corrected chi connectivity index (χ3v) is 4.04. The highest BCUT2D eigenvalue weighted by Gasteiger charge is 2.14. The second-order valence-corrected chi connectivity index (χ2v) is 5.71. The fraction of sp³-hybridized carbons (Fsp3) is 0.0667. The van der Waals surface area contributed by atoms with Gasteiger partial charge in [-0.3, -0.25) is 4.79 Å². The third kappa shape index (κ3) is 3.35. The van der Waals surface area contributed by atoms with Gasteiger partial charge in [0, 0.05) is 5.56 Å². The lowest BCUT2D eigenvalue weighted by atomic mass is 10.1. The van der Waals surface area contributed by atoms with E-state index in [4.69, 9.17) is 0 Å². The van der Waals surface area contributed by atoms with Crippen molar-refractivity contribution in [1.29, 1.82) is 0 Å². The molecule has 0 saturated heterocycles. The van der Waals surface area contributed by atoms with Gasteiger partial charge in [-0.2, -0.15) is 4.68 Å². The minimum absolute atomic E-state index is 0.0138. The highest BCUT2D eigenvalue weighted by Crippen LogP contribution is 2.26. The summed E-state index contributed by atoms with van der Waals surface area (Å²) in [6.07, 6.45) is 0. The first-order valence-electron chi connectivity index (χ1n) is 6.77. The quantitative estimate of drug-likeness (QED) is 0.415. The molecule has 24 heavy (non-hydrogen) atoms. The van der Waals surface area contributed by atoms with Crippen LogP contribution in [0.5, 0.6) is 11.5 Å². The van der Waals surface area contributed by atoms with Crippen molar-refractivity contribution in [2.45, 2.75) is 5.16 Å². The van der Waals surface area contributed by atoms with Gasteiger partial charge in [0.1, 0.15) is 5.82 Å². The zero-order chi connectivity index (χ0) is 17.1. The van der Waals surface area contributed by atoms with Crippen molar-refractivity contribution in [3.63, 3.8) is 0 Å². The Kier molecular flexibility index (Phi) is 4.43. The normalized spacial score (nSPS) is 10.7. The van der Waals surface area contributed by atoms with Gasteiger partial charge in [-0.25, -0.2) is 4.39 Å². The van der Waals surface area contributed by atoms with Crippen LogP contribution in [-0.4, -0.2) is 42.0 Å². The number of carbonyl (C=O) groups is 1. The SMILES string of the molecule is O=C(CSc1nnnn1-c1cccc(F)c1)c1ccc(O)c(O)c1. The van der Waals surface area contributed by atoms with E-state index in [0.717, 1.165) is 11.8 Å². The molecule has 1 heterocycles. The standard InChI is InChI=1S/C15H11FN4O3S/c16-10-2-1-3-11(7-10)20-15(17-18-19-20)24-8-14(23)9-4-5-12(21)13(22)6-9/h1-7,21-22H,8H2. The first-order valence-corrected chi connectivity index (χ1v) is 7.75. The van der Waals surface area contributed by atoms with Gasteiger partial charge >= 0.3 is 0 Å². The fourth-order valence-electron chi connectivity index (χ4n) is 1.95. The lowest BCUT2D eigenvalue weighted by Crippen LogP contribution is -2.05. The van der Waals surface area contributed by atoms with Crippen LogP contribution in [-0.2, 0) is 0 Å². The molecule has 1 aromatic heterocycles. The molecule has 3 rings (SSSR count). The predicted octanol–water partition coefficient (Wildman–Crippen LogP) is 2.19. The van der Waals surface area contributed by atoms with Crippen LogP contribution in [0.25, 0.3) is 5.69 Å². The number of carbonyl (C=O) groups excluding carboxylic acids is 1. The molecule has 0 aliphatic heterocycles. The van der Waals surface area contributed by atoms with Crippen molar-refractivity contribution >= 4 is 17.5 Å². The molecule has 0 fully saturated rings. The van der Waals surface area contributed by atoms with Crippen LogP contribution in [0.2, 0.25) is 0 Å². The van der Waals surface area contributed by atoms with Gasteiger partial charge in [0.15, 0.2) is 17.3 Å². The zero-order valence-electron chi connectivity index (χ0n) is 12.1. The molecule has 3 aromatic rings. The molecule has 0 atom stereocenters. The number of aromatic hydroxyl groups is 2. The highest BCUT2D eigenvalue weighted by atomic mass is 32.2. The Morgan fingerprint density at radius 1 is 1.17 bits per heavy atom. The first-order chi connectivity index (χ1) is 11.5. The lowest BCUT2D eigenvalue weighted by molar-refractivity contribution is 0.102. The van der Waals surface area contributed by atoms with Crippen molar-refractivity contribution < 1.29 is 19.4 Å². The fourth-order valence-corrected chi connectivity index (χ4v) is 2.73. The largest absolute Gasteiger partial charge is 0.504 e. The van der Waals surface area contributed by atoms with E-state index in [2.05, 4.69) is 15.5 Å². The Hall–Kier alpha value is -2.94. The van der Waals surface area contributed by atoms with E-state index >= 15 is 0 Å². The summed E-state index contributed by atoms with van der Waals surface area (Å²) in [6, 6.07) is 9.60. The maximum atomic E-state index is 13.3. The molecule has 7 nitrogen and oxygen atoms in total. The molecule has 0 aliphatic rings. The summed E-state index contributed by atoms with van der Waals surface area (Å²) < 4.78 is 14.6. The molecular formula is C15H11FN4O3S. The Morgan fingerprint density at radius 3 is 2.75 bits per heavy atom. The van der Waals surface area contributed by atoms with Crippen LogP contribution in [0.4, 0.5) is 4.39 Å². The van der Waals surface area contributed by atoms with Gasteiger partial charge in [-0.1, -0.05) is 17.8 Å². The molecule has 0 bridgehead atoms. The summed E-state index contributed by atoms with van der Waals surface area (Å²) in [5.41, 5.74) is 0.694. The molecule has 0 amide bonds. The molecule has 0 spiro atoms. The van der Waals surface area contributed by atoms with Gasteiger partial charge in [0.05, 0.1) is 11.4 Å². The van der Waals surface area contributed by atoms with Crippen LogP contribution >= 0.6 is 11.8 Å². The van der Waals surface area contributed by atoms with E-state index in [9.17, 15) is 19.4 Å². The van der Waals surface area contributed by atoms with E-state index in [1.807, 2.05) is 0 Å². The molecular weight excluding hydrogens is 335 g/mol. The molecule has 122 valence electrons. The molecule has 0 radical (unpaired) electrons. The number of thioether (sulfide) groups is 1. The van der Waals surface area contributed by atoms with Gasteiger partial charge < -0.3 is 10.2 Å². The van der Waals surface area contributed by atoms with Crippen molar-refractivity contribution in [2.75, 3.05) is 5.75 Å². The first kappa shape index (κ1) is 15.9. The summed E-state index contributed by atoms with van der Waals surface area (Å²) in [7, 11) is 0. The smallest absolute Gasteiger partial charge is 0.214 e. The molecule has 9 heteroatoms. The molecule has 0 aliphatic carbocycles. The topological polar surface area (TPSA) is 101 Å². The van der Waals surface area contributed by atoms with Gasteiger partial charge in [0.25, 0.3) is 0 Å². The molecule has 0 unspecified atom stereocenters. The summed E-state index contributed by atoms with van der Waals surface area (Å²) in [5.74, 6) is -1.34. The average Bonchev–Trinajstić information content (AvgIpc) is 3.03.